The lowest BCUT2D eigenvalue weighted by atomic mass is 9.93. The number of rotatable bonds is 3. The summed E-state index contributed by atoms with van der Waals surface area (Å²) in [6, 6.07) is 6.32. The van der Waals surface area contributed by atoms with Gasteiger partial charge in [0, 0.05) is 13.0 Å². The van der Waals surface area contributed by atoms with Crippen molar-refractivity contribution < 1.29 is 15.3 Å². The van der Waals surface area contributed by atoms with Gasteiger partial charge in [0.15, 0.2) is 0 Å². The molecule has 0 aliphatic heterocycles. The summed E-state index contributed by atoms with van der Waals surface area (Å²) in [5.41, 5.74) is -0.332. The molecular weight excluding hydrogens is 168 g/mol. The summed E-state index contributed by atoms with van der Waals surface area (Å²) in [6.45, 7) is 1.57. The Bertz CT molecular complexity index is 264. The summed E-state index contributed by atoms with van der Waals surface area (Å²) >= 11 is 0. The van der Waals surface area contributed by atoms with E-state index in [1.807, 2.05) is 0 Å². The highest BCUT2D eigenvalue weighted by Gasteiger charge is 2.21. The molecule has 0 heterocycles. The first-order valence-corrected chi connectivity index (χ1v) is 4.19. The molecular formula is C10H14O3. The molecule has 0 fully saturated rings. The summed E-state index contributed by atoms with van der Waals surface area (Å²) < 4.78 is 0. The molecule has 0 spiro atoms. The third-order valence-electron chi connectivity index (χ3n) is 2.09. The Morgan fingerprint density at radius 2 is 1.77 bits per heavy atom. The van der Waals surface area contributed by atoms with Crippen LogP contribution in [0.5, 0.6) is 5.75 Å². The van der Waals surface area contributed by atoms with Crippen molar-refractivity contribution in [3.63, 3.8) is 0 Å². The Labute approximate surface area is 77.3 Å². The number of aliphatic hydroxyl groups is 2. The molecule has 0 aromatic heterocycles. The van der Waals surface area contributed by atoms with Crippen molar-refractivity contribution in [3.8, 4) is 5.75 Å². The van der Waals surface area contributed by atoms with Gasteiger partial charge in [-0.05, 0) is 24.6 Å². The summed E-state index contributed by atoms with van der Waals surface area (Å²) in [6.07, 6.45) is 0.289. The molecule has 72 valence electrons. The normalized spacial score (nSPS) is 15.3. The van der Waals surface area contributed by atoms with Crippen LogP contribution in [0.2, 0.25) is 0 Å². The van der Waals surface area contributed by atoms with E-state index >= 15 is 0 Å². The van der Waals surface area contributed by atoms with Gasteiger partial charge in [-0.25, -0.2) is 0 Å². The molecule has 3 nitrogen and oxygen atoms in total. The van der Waals surface area contributed by atoms with E-state index in [9.17, 15) is 5.11 Å². The second-order valence-corrected chi connectivity index (χ2v) is 3.29. The van der Waals surface area contributed by atoms with Gasteiger partial charge in [0.2, 0.25) is 0 Å². The molecule has 1 aromatic rings. The van der Waals surface area contributed by atoms with Crippen LogP contribution in [0.15, 0.2) is 24.3 Å². The molecule has 1 unspecified atom stereocenters. The van der Waals surface area contributed by atoms with Gasteiger partial charge in [0.1, 0.15) is 5.75 Å². The molecule has 1 rings (SSSR count). The first-order chi connectivity index (χ1) is 6.06. The third kappa shape index (κ3) is 2.44. The fourth-order valence-corrected chi connectivity index (χ4v) is 1.18. The Morgan fingerprint density at radius 1 is 1.23 bits per heavy atom. The predicted molar refractivity (Wildman–Crippen MR) is 49.4 cm³/mol. The van der Waals surface area contributed by atoms with E-state index < -0.39 is 5.60 Å². The predicted octanol–water partition coefficient (Wildman–Crippen LogP) is 0.982. The molecule has 0 bridgehead atoms. The molecule has 1 aromatic carbocycles. The Morgan fingerprint density at radius 3 is 2.23 bits per heavy atom. The van der Waals surface area contributed by atoms with Gasteiger partial charge >= 0.3 is 0 Å². The minimum atomic E-state index is -1.03. The molecule has 0 amide bonds. The number of hydrogen-bond acceptors (Lipinski definition) is 3. The number of phenolic OH excluding ortho intramolecular Hbond substituents is 1. The molecule has 3 heteroatoms. The van der Waals surface area contributed by atoms with Crippen LogP contribution in [-0.2, 0) is 5.60 Å². The highest BCUT2D eigenvalue weighted by molar-refractivity contribution is 5.29. The van der Waals surface area contributed by atoms with Gasteiger partial charge in [-0.1, -0.05) is 12.1 Å². The molecule has 13 heavy (non-hydrogen) atoms. The van der Waals surface area contributed by atoms with E-state index in [1.54, 1.807) is 19.1 Å². The number of aromatic hydroxyl groups is 1. The number of benzene rings is 1. The van der Waals surface area contributed by atoms with E-state index in [1.165, 1.54) is 12.1 Å². The first-order valence-electron chi connectivity index (χ1n) is 4.19. The monoisotopic (exact) mass is 182 g/mol. The van der Waals surface area contributed by atoms with Gasteiger partial charge in [0.05, 0.1) is 5.60 Å². The van der Waals surface area contributed by atoms with Crippen molar-refractivity contribution in [1.29, 1.82) is 0 Å². The zero-order valence-corrected chi connectivity index (χ0v) is 7.57. The maximum Gasteiger partial charge on any atom is 0.115 e. The Balaban J connectivity index is 2.87. The van der Waals surface area contributed by atoms with E-state index in [-0.39, 0.29) is 18.8 Å². The zero-order valence-electron chi connectivity index (χ0n) is 7.57. The van der Waals surface area contributed by atoms with Crippen LogP contribution in [0.25, 0.3) is 0 Å². The largest absolute Gasteiger partial charge is 0.508 e. The van der Waals surface area contributed by atoms with E-state index in [4.69, 9.17) is 10.2 Å². The lowest BCUT2D eigenvalue weighted by Crippen LogP contribution is -2.22. The maximum absolute atomic E-state index is 9.84. The fraction of sp³-hybridized carbons (Fsp3) is 0.400. The molecule has 0 aliphatic rings. The first kappa shape index (κ1) is 10.0. The minimum absolute atomic E-state index is 0.0616. The smallest absolute Gasteiger partial charge is 0.115 e. The van der Waals surface area contributed by atoms with E-state index in [0.29, 0.717) is 5.56 Å². The van der Waals surface area contributed by atoms with Crippen LogP contribution in [0.4, 0.5) is 0 Å². The maximum atomic E-state index is 9.84. The Kier molecular flexibility index (Phi) is 2.90. The van der Waals surface area contributed by atoms with Crippen molar-refractivity contribution in [2.24, 2.45) is 0 Å². The number of aliphatic hydroxyl groups excluding tert-OH is 1. The second-order valence-electron chi connectivity index (χ2n) is 3.29. The SMILES string of the molecule is CC(O)(CCO)c1ccc(O)cc1. The standard InChI is InChI=1S/C10H14O3/c1-10(13,6-7-11)8-2-4-9(12)5-3-8/h2-5,11-13H,6-7H2,1H3. The van der Waals surface area contributed by atoms with Crippen molar-refractivity contribution in [1.82, 2.24) is 0 Å². The lowest BCUT2D eigenvalue weighted by molar-refractivity contribution is 0.0299. The van der Waals surface area contributed by atoms with Crippen molar-refractivity contribution >= 4 is 0 Å². The second kappa shape index (κ2) is 3.77. The van der Waals surface area contributed by atoms with Crippen LogP contribution < -0.4 is 0 Å². The van der Waals surface area contributed by atoms with Gasteiger partial charge in [-0.3, -0.25) is 0 Å². The topological polar surface area (TPSA) is 60.7 Å². The average Bonchev–Trinajstić information content (AvgIpc) is 2.05. The third-order valence-corrected chi connectivity index (χ3v) is 2.09. The van der Waals surface area contributed by atoms with Crippen molar-refractivity contribution in [3.05, 3.63) is 29.8 Å². The van der Waals surface area contributed by atoms with Gasteiger partial charge in [-0.2, -0.15) is 0 Å². The highest BCUT2D eigenvalue weighted by atomic mass is 16.3. The summed E-state index contributed by atoms with van der Waals surface area (Å²) in [5, 5.41) is 27.6. The fourth-order valence-electron chi connectivity index (χ4n) is 1.18. The molecule has 3 N–H and O–H groups in total. The molecule has 0 radical (unpaired) electrons. The van der Waals surface area contributed by atoms with Gasteiger partial charge in [0.25, 0.3) is 0 Å². The summed E-state index contributed by atoms with van der Waals surface area (Å²) in [4.78, 5) is 0. The summed E-state index contributed by atoms with van der Waals surface area (Å²) in [5.74, 6) is 0.170. The minimum Gasteiger partial charge on any atom is -0.508 e. The molecule has 0 saturated heterocycles. The van der Waals surface area contributed by atoms with E-state index in [0.717, 1.165) is 0 Å². The number of hydrogen-bond donors (Lipinski definition) is 3. The average molecular weight is 182 g/mol. The van der Waals surface area contributed by atoms with Gasteiger partial charge < -0.3 is 15.3 Å². The number of phenols is 1. The van der Waals surface area contributed by atoms with Crippen LogP contribution in [0.3, 0.4) is 0 Å². The lowest BCUT2D eigenvalue weighted by Gasteiger charge is -2.22. The zero-order chi connectivity index (χ0) is 9.90. The Hall–Kier alpha value is -1.06. The van der Waals surface area contributed by atoms with Crippen LogP contribution in [0.1, 0.15) is 18.9 Å². The van der Waals surface area contributed by atoms with Crippen LogP contribution in [-0.4, -0.2) is 21.9 Å². The molecule has 0 saturated carbocycles. The summed E-state index contributed by atoms with van der Waals surface area (Å²) in [7, 11) is 0. The van der Waals surface area contributed by atoms with Crippen molar-refractivity contribution in [2.45, 2.75) is 18.9 Å². The van der Waals surface area contributed by atoms with Crippen LogP contribution in [0, 0.1) is 0 Å². The quantitative estimate of drug-likeness (QED) is 0.653. The van der Waals surface area contributed by atoms with Gasteiger partial charge in [-0.15, -0.1) is 0 Å². The van der Waals surface area contributed by atoms with Crippen molar-refractivity contribution in [2.75, 3.05) is 6.61 Å². The molecule has 1 atom stereocenters. The highest BCUT2D eigenvalue weighted by Crippen LogP contribution is 2.25. The molecule has 0 aliphatic carbocycles. The van der Waals surface area contributed by atoms with E-state index in [2.05, 4.69) is 0 Å². The van der Waals surface area contributed by atoms with Crippen LogP contribution >= 0.6 is 0 Å².